The molecule has 1 fully saturated rings. The Morgan fingerprint density at radius 3 is 2.32 bits per heavy atom. The molecule has 0 bridgehead atoms. The number of benzene rings is 1. The summed E-state index contributed by atoms with van der Waals surface area (Å²) in [7, 11) is 0. The minimum absolute atomic E-state index is 0.0216. The van der Waals surface area contributed by atoms with Gasteiger partial charge in [0.25, 0.3) is 0 Å². The number of nitriles is 1. The zero-order valence-corrected chi connectivity index (χ0v) is 11.5. The molecule has 1 aliphatic rings. The van der Waals surface area contributed by atoms with Crippen LogP contribution >= 0.6 is 0 Å². The van der Waals surface area contributed by atoms with E-state index in [0.29, 0.717) is 5.56 Å². The van der Waals surface area contributed by atoms with Crippen molar-refractivity contribution in [2.75, 3.05) is 6.61 Å². The molecule has 1 unspecified atom stereocenters. The largest absolute Gasteiger partial charge is 0.508 e. The number of rotatable bonds is 4. The number of hydrogen-bond acceptors (Lipinski definition) is 8. The lowest BCUT2D eigenvalue weighted by Crippen LogP contribution is -2.59. The van der Waals surface area contributed by atoms with Crippen LogP contribution < -0.4 is 0 Å². The first-order valence-electron chi connectivity index (χ1n) is 6.62. The van der Waals surface area contributed by atoms with E-state index in [1.165, 1.54) is 24.3 Å². The number of phenolic OH excluding ortho intramolecular Hbond substituents is 1. The number of aliphatic hydroxyl groups excluding tert-OH is 4. The molecule has 6 atom stereocenters. The summed E-state index contributed by atoms with van der Waals surface area (Å²) < 4.78 is 10.5. The molecule has 1 aromatic rings. The highest BCUT2D eigenvalue weighted by atomic mass is 16.7. The molecule has 0 amide bonds. The molecule has 1 aliphatic heterocycles. The van der Waals surface area contributed by atoms with Gasteiger partial charge in [0.1, 0.15) is 30.2 Å². The van der Waals surface area contributed by atoms with Crippen LogP contribution in [0.25, 0.3) is 0 Å². The minimum atomic E-state index is -1.58. The van der Waals surface area contributed by atoms with E-state index in [9.17, 15) is 25.7 Å². The van der Waals surface area contributed by atoms with E-state index < -0.39 is 43.4 Å². The third-order valence-electron chi connectivity index (χ3n) is 3.43. The summed E-state index contributed by atoms with van der Waals surface area (Å²) >= 11 is 0. The molecule has 0 spiro atoms. The number of ether oxygens (including phenoxy) is 2. The summed E-state index contributed by atoms with van der Waals surface area (Å²) in [6, 6.07) is 7.54. The first-order valence-corrected chi connectivity index (χ1v) is 6.62. The Morgan fingerprint density at radius 2 is 1.77 bits per heavy atom. The summed E-state index contributed by atoms with van der Waals surface area (Å²) in [5, 5.41) is 56.7. The zero-order valence-electron chi connectivity index (χ0n) is 11.5. The van der Waals surface area contributed by atoms with Gasteiger partial charge in [0.05, 0.1) is 12.7 Å². The van der Waals surface area contributed by atoms with Gasteiger partial charge in [0, 0.05) is 0 Å². The Labute approximate surface area is 126 Å². The second-order valence-corrected chi connectivity index (χ2v) is 4.93. The normalized spacial score (nSPS) is 33.1. The van der Waals surface area contributed by atoms with Gasteiger partial charge in [0.15, 0.2) is 12.4 Å². The summed E-state index contributed by atoms with van der Waals surface area (Å²) in [5.41, 5.74) is 0.414. The first-order chi connectivity index (χ1) is 10.5. The summed E-state index contributed by atoms with van der Waals surface area (Å²) in [4.78, 5) is 0. The molecular weight excluding hydrogens is 294 g/mol. The van der Waals surface area contributed by atoms with Gasteiger partial charge in [0.2, 0.25) is 0 Å². The van der Waals surface area contributed by atoms with Crippen molar-refractivity contribution in [3.05, 3.63) is 29.8 Å². The van der Waals surface area contributed by atoms with Gasteiger partial charge < -0.3 is 35.0 Å². The molecule has 1 heterocycles. The number of aliphatic hydroxyl groups is 4. The lowest BCUT2D eigenvalue weighted by Gasteiger charge is -2.40. The van der Waals surface area contributed by atoms with Gasteiger partial charge in [-0.2, -0.15) is 5.26 Å². The summed E-state index contributed by atoms with van der Waals surface area (Å²) in [6.07, 6.45) is -8.27. The van der Waals surface area contributed by atoms with Crippen LogP contribution in [0, 0.1) is 11.3 Å². The third-order valence-corrected chi connectivity index (χ3v) is 3.43. The van der Waals surface area contributed by atoms with E-state index in [4.69, 9.17) is 14.6 Å². The average molecular weight is 311 g/mol. The van der Waals surface area contributed by atoms with Crippen molar-refractivity contribution >= 4 is 0 Å². The van der Waals surface area contributed by atoms with Crippen molar-refractivity contribution in [3.63, 3.8) is 0 Å². The number of nitrogens with zero attached hydrogens (tertiary/aromatic N) is 1. The monoisotopic (exact) mass is 311 g/mol. The fourth-order valence-electron chi connectivity index (χ4n) is 2.15. The van der Waals surface area contributed by atoms with Crippen molar-refractivity contribution in [3.8, 4) is 11.8 Å². The summed E-state index contributed by atoms with van der Waals surface area (Å²) in [6.45, 7) is -0.582. The topological polar surface area (TPSA) is 143 Å². The lowest BCUT2D eigenvalue weighted by atomic mass is 9.99. The van der Waals surface area contributed by atoms with E-state index in [0.717, 1.165) is 0 Å². The fourth-order valence-corrected chi connectivity index (χ4v) is 2.15. The molecule has 120 valence electrons. The Morgan fingerprint density at radius 1 is 1.14 bits per heavy atom. The fraction of sp³-hybridized carbons (Fsp3) is 0.500. The molecule has 22 heavy (non-hydrogen) atoms. The summed E-state index contributed by atoms with van der Waals surface area (Å²) in [5.74, 6) is 0.0216. The van der Waals surface area contributed by atoms with E-state index in [1.807, 2.05) is 6.07 Å². The van der Waals surface area contributed by atoms with E-state index in [-0.39, 0.29) is 5.75 Å². The molecule has 5 N–H and O–H groups in total. The third kappa shape index (κ3) is 3.36. The highest BCUT2D eigenvalue weighted by Crippen LogP contribution is 2.27. The number of aromatic hydroxyl groups is 1. The molecule has 1 aromatic carbocycles. The Kier molecular flexibility index (Phi) is 5.31. The standard InChI is InChI=1S/C14H17NO7/c15-5-9(7-1-3-8(17)4-2-7)21-14-13(20)12(19)11(18)10(6-16)22-14/h1-4,9-14,16-20H,6H2/t9?,10-,11-,12-,13-,14-/m1/s1. The molecular formula is C14H17NO7. The lowest BCUT2D eigenvalue weighted by molar-refractivity contribution is -0.307. The van der Waals surface area contributed by atoms with Gasteiger partial charge in [-0.3, -0.25) is 0 Å². The molecule has 0 aromatic heterocycles. The van der Waals surface area contributed by atoms with Crippen LogP contribution in [0.4, 0.5) is 0 Å². The maximum Gasteiger partial charge on any atom is 0.188 e. The second kappa shape index (κ2) is 7.02. The number of hydrogen-bond donors (Lipinski definition) is 5. The maximum absolute atomic E-state index is 9.87. The number of phenols is 1. The van der Waals surface area contributed by atoms with Crippen molar-refractivity contribution in [1.29, 1.82) is 5.26 Å². The van der Waals surface area contributed by atoms with Crippen molar-refractivity contribution < 1.29 is 35.0 Å². The Balaban J connectivity index is 2.13. The van der Waals surface area contributed by atoms with Crippen LogP contribution in [0.1, 0.15) is 11.7 Å². The Bertz CT molecular complexity index is 527. The molecule has 1 saturated heterocycles. The van der Waals surface area contributed by atoms with Gasteiger partial charge in [-0.05, 0) is 17.7 Å². The molecule has 0 aliphatic carbocycles. The SMILES string of the molecule is N#CC(O[C@@H]1O[C@H](CO)[C@@H](O)[C@@H](O)[C@H]1O)c1ccc(O)cc1. The maximum atomic E-state index is 9.87. The van der Waals surface area contributed by atoms with Crippen LogP contribution in [0.2, 0.25) is 0 Å². The predicted octanol–water partition coefficient (Wildman–Crippen LogP) is -1.23. The van der Waals surface area contributed by atoms with E-state index >= 15 is 0 Å². The van der Waals surface area contributed by atoms with Crippen LogP contribution in [-0.2, 0) is 9.47 Å². The highest BCUT2D eigenvalue weighted by molar-refractivity contribution is 5.29. The van der Waals surface area contributed by atoms with E-state index in [1.54, 1.807) is 0 Å². The van der Waals surface area contributed by atoms with Crippen LogP contribution in [0.15, 0.2) is 24.3 Å². The highest BCUT2D eigenvalue weighted by Gasteiger charge is 2.44. The van der Waals surface area contributed by atoms with E-state index in [2.05, 4.69) is 0 Å². The van der Waals surface area contributed by atoms with Crippen LogP contribution in [0.5, 0.6) is 5.75 Å². The van der Waals surface area contributed by atoms with Crippen molar-refractivity contribution in [1.82, 2.24) is 0 Å². The smallest absolute Gasteiger partial charge is 0.188 e. The van der Waals surface area contributed by atoms with Gasteiger partial charge in [-0.1, -0.05) is 12.1 Å². The minimum Gasteiger partial charge on any atom is -0.508 e. The predicted molar refractivity (Wildman–Crippen MR) is 71.3 cm³/mol. The average Bonchev–Trinajstić information content (AvgIpc) is 2.53. The van der Waals surface area contributed by atoms with Gasteiger partial charge >= 0.3 is 0 Å². The van der Waals surface area contributed by atoms with Crippen LogP contribution in [0.3, 0.4) is 0 Å². The molecule has 8 nitrogen and oxygen atoms in total. The van der Waals surface area contributed by atoms with Crippen LogP contribution in [-0.4, -0.2) is 62.8 Å². The van der Waals surface area contributed by atoms with Crippen molar-refractivity contribution in [2.45, 2.75) is 36.8 Å². The molecule has 8 heteroatoms. The molecule has 2 rings (SSSR count). The quantitative estimate of drug-likeness (QED) is 0.465. The van der Waals surface area contributed by atoms with Gasteiger partial charge in [-0.25, -0.2) is 0 Å². The zero-order chi connectivity index (χ0) is 16.3. The van der Waals surface area contributed by atoms with Crippen molar-refractivity contribution in [2.24, 2.45) is 0 Å². The molecule has 0 radical (unpaired) electrons. The first kappa shape index (κ1) is 16.6. The van der Waals surface area contributed by atoms with Gasteiger partial charge in [-0.15, -0.1) is 0 Å². The molecule has 0 saturated carbocycles. The Hall–Kier alpha value is -1.73. The second-order valence-electron chi connectivity index (χ2n) is 4.93.